The highest BCUT2D eigenvalue weighted by molar-refractivity contribution is 5.49. The molecule has 0 atom stereocenters. The minimum Gasteiger partial charge on any atom is -0.367 e. The van der Waals surface area contributed by atoms with E-state index < -0.39 is 0 Å². The van der Waals surface area contributed by atoms with Crippen molar-refractivity contribution in [2.45, 2.75) is 58.3 Å². The maximum absolute atomic E-state index is 8.90. The molecule has 0 saturated heterocycles. The smallest absolute Gasteiger partial charge is 0.166 e. The van der Waals surface area contributed by atoms with Crippen molar-refractivity contribution in [3.8, 4) is 6.07 Å². The van der Waals surface area contributed by atoms with Crippen molar-refractivity contribution in [3.05, 3.63) is 17.8 Å². The predicted octanol–water partition coefficient (Wildman–Crippen LogP) is 3.90. The molecule has 0 bridgehead atoms. The van der Waals surface area contributed by atoms with Crippen LogP contribution in [0.5, 0.6) is 0 Å². The Morgan fingerprint density at radius 2 is 1.79 bits per heavy atom. The van der Waals surface area contributed by atoms with Crippen LogP contribution in [0.15, 0.2) is 12.3 Å². The lowest BCUT2D eigenvalue weighted by atomic mass is 10.1. The van der Waals surface area contributed by atoms with Crippen LogP contribution in [-0.2, 0) is 0 Å². The molecule has 4 nitrogen and oxygen atoms in total. The molecule has 1 aromatic heterocycles. The molecule has 0 saturated carbocycles. The van der Waals surface area contributed by atoms with Gasteiger partial charge in [-0.3, -0.25) is 0 Å². The predicted molar refractivity (Wildman–Crippen MR) is 77.8 cm³/mol. The molecule has 1 rings (SSSR count). The van der Waals surface area contributed by atoms with Crippen molar-refractivity contribution >= 4 is 5.82 Å². The zero-order valence-corrected chi connectivity index (χ0v) is 11.9. The lowest BCUT2D eigenvalue weighted by Gasteiger charge is -2.05. The maximum Gasteiger partial charge on any atom is 0.166 e. The van der Waals surface area contributed by atoms with Gasteiger partial charge in [0, 0.05) is 6.54 Å². The van der Waals surface area contributed by atoms with Gasteiger partial charge in [-0.25, -0.2) is 0 Å². The van der Waals surface area contributed by atoms with Gasteiger partial charge in [-0.1, -0.05) is 51.9 Å². The van der Waals surface area contributed by atoms with Gasteiger partial charge in [-0.2, -0.15) is 10.4 Å². The molecule has 0 fully saturated rings. The fourth-order valence-corrected chi connectivity index (χ4v) is 2.02. The summed E-state index contributed by atoms with van der Waals surface area (Å²) in [7, 11) is 0. The minimum absolute atomic E-state index is 0.564. The number of hydrogen-bond acceptors (Lipinski definition) is 4. The minimum atomic E-state index is 0.564. The molecular formula is C15H24N4. The van der Waals surface area contributed by atoms with E-state index in [-0.39, 0.29) is 0 Å². The summed E-state index contributed by atoms with van der Waals surface area (Å²) < 4.78 is 0. The van der Waals surface area contributed by atoms with Crippen LogP contribution in [0.3, 0.4) is 0 Å². The standard InChI is InChI=1S/C15H24N4/c1-2-3-4-5-6-7-8-9-11-17-15-14(13-16)10-12-18-19-15/h10,12H,2-9,11H2,1H3,(H,17,19). The number of nitriles is 1. The van der Waals surface area contributed by atoms with Crippen molar-refractivity contribution in [2.75, 3.05) is 11.9 Å². The van der Waals surface area contributed by atoms with Crippen molar-refractivity contribution in [1.82, 2.24) is 10.2 Å². The number of nitrogens with zero attached hydrogens (tertiary/aromatic N) is 3. The van der Waals surface area contributed by atoms with Crippen LogP contribution >= 0.6 is 0 Å². The lowest BCUT2D eigenvalue weighted by Crippen LogP contribution is -2.05. The summed E-state index contributed by atoms with van der Waals surface area (Å²) in [4.78, 5) is 0. The van der Waals surface area contributed by atoms with E-state index in [4.69, 9.17) is 5.26 Å². The number of hydrogen-bond donors (Lipinski definition) is 1. The molecule has 0 spiro atoms. The second-order valence-electron chi connectivity index (χ2n) is 4.81. The van der Waals surface area contributed by atoms with E-state index in [9.17, 15) is 0 Å². The Hall–Kier alpha value is -1.63. The Kier molecular flexibility index (Phi) is 8.37. The Morgan fingerprint density at radius 3 is 2.47 bits per heavy atom. The Balaban J connectivity index is 2.03. The molecule has 1 heterocycles. The summed E-state index contributed by atoms with van der Waals surface area (Å²) in [5.41, 5.74) is 0.564. The van der Waals surface area contributed by atoms with Crippen molar-refractivity contribution in [1.29, 1.82) is 5.26 Å². The molecular weight excluding hydrogens is 236 g/mol. The summed E-state index contributed by atoms with van der Waals surface area (Å²) in [6, 6.07) is 3.79. The quantitative estimate of drug-likeness (QED) is 0.648. The van der Waals surface area contributed by atoms with Crippen LogP contribution < -0.4 is 5.32 Å². The zero-order valence-electron chi connectivity index (χ0n) is 11.9. The molecule has 0 aliphatic heterocycles. The second-order valence-corrected chi connectivity index (χ2v) is 4.81. The summed E-state index contributed by atoms with van der Waals surface area (Å²) >= 11 is 0. The van der Waals surface area contributed by atoms with E-state index in [0.29, 0.717) is 11.4 Å². The normalized spacial score (nSPS) is 10.1. The summed E-state index contributed by atoms with van der Waals surface area (Å²) in [5.74, 6) is 0.605. The molecule has 0 aliphatic rings. The first-order valence-electron chi connectivity index (χ1n) is 7.34. The SMILES string of the molecule is CCCCCCCCCCNc1nnccc1C#N. The fraction of sp³-hybridized carbons (Fsp3) is 0.667. The molecule has 0 amide bonds. The fourth-order valence-electron chi connectivity index (χ4n) is 2.02. The first kappa shape index (κ1) is 15.4. The van der Waals surface area contributed by atoms with E-state index in [1.165, 1.54) is 44.9 Å². The van der Waals surface area contributed by atoms with Crippen LogP contribution in [0.1, 0.15) is 63.9 Å². The molecule has 1 aromatic rings. The summed E-state index contributed by atoms with van der Waals surface area (Å²) in [6.07, 6.45) is 12.0. The highest BCUT2D eigenvalue weighted by Crippen LogP contribution is 2.10. The third kappa shape index (κ3) is 6.76. The van der Waals surface area contributed by atoms with Gasteiger partial charge in [0.1, 0.15) is 6.07 Å². The van der Waals surface area contributed by atoms with Gasteiger partial charge in [0.05, 0.1) is 11.8 Å². The highest BCUT2D eigenvalue weighted by Gasteiger charge is 2.01. The molecule has 4 heteroatoms. The zero-order chi connectivity index (χ0) is 13.8. The van der Waals surface area contributed by atoms with E-state index in [1.54, 1.807) is 12.3 Å². The molecule has 0 unspecified atom stereocenters. The summed E-state index contributed by atoms with van der Waals surface area (Å²) in [5, 5.41) is 19.8. The van der Waals surface area contributed by atoms with Crippen LogP contribution in [0.4, 0.5) is 5.82 Å². The Morgan fingerprint density at radius 1 is 1.11 bits per heavy atom. The van der Waals surface area contributed by atoms with Gasteiger partial charge in [0.15, 0.2) is 5.82 Å². The van der Waals surface area contributed by atoms with Crippen molar-refractivity contribution < 1.29 is 0 Å². The second kappa shape index (κ2) is 10.3. The van der Waals surface area contributed by atoms with Gasteiger partial charge in [0.2, 0.25) is 0 Å². The van der Waals surface area contributed by atoms with Crippen LogP contribution in [0, 0.1) is 11.3 Å². The number of aromatic nitrogens is 2. The van der Waals surface area contributed by atoms with Gasteiger partial charge in [0.25, 0.3) is 0 Å². The van der Waals surface area contributed by atoms with Gasteiger partial charge in [-0.15, -0.1) is 5.10 Å². The number of nitrogens with one attached hydrogen (secondary N) is 1. The molecule has 0 aromatic carbocycles. The van der Waals surface area contributed by atoms with Gasteiger partial charge < -0.3 is 5.32 Å². The van der Waals surface area contributed by atoms with Gasteiger partial charge in [-0.05, 0) is 12.5 Å². The van der Waals surface area contributed by atoms with E-state index in [0.717, 1.165) is 13.0 Å². The molecule has 0 aliphatic carbocycles. The molecule has 0 radical (unpaired) electrons. The molecule has 1 N–H and O–H groups in total. The average Bonchev–Trinajstić information content (AvgIpc) is 2.46. The monoisotopic (exact) mass is 260 g/mol. The number of unbranched alkanes of at least 4 members (excludes halogenated alkanes) is 7. The third-order valence-corrected chi connectivity index (χ3v) is 3.16. The molecule has 104 valence electrons. The van der Waals surface area contributed by atoms with Crippen LogP contribution in [-0.4, -0.2) is 16.7 Å². The number of rotatable bonds is 10. The number of anilines is 1. The third-order valence-electron chi connectivity index (χ3n) is 3.16. The summed E-state index contributed by atoms with van der Waals surface area (Å²) in [6.45, 7) is 3.11. The van der Waals surface area contributed by atoms with Crippen molar-refractivity contribution in [2.24, 2.45) is 0 Å². The van der Waals surface area contributed by atoms with Gasteiger partial charge >= 0.3 is 0 Å². The largest absolute Gasteiger partial charge is 0.367 e. The van der Waals surface area contributed by atoms with Crippen LogP contribution in [0.25, 0.3) is 0 Å². The van der Waals surface area contributed by atoms with E-state index in [2.05, 4.69) is 28.5 Å². The van der Waals surface area contributed by atoms with E-state index >= 15 is 0 Å². The van der Waals surface area contributed by atoms with Crippen LogP contribution in [0.2, 0.25) is 0 Å². The van der Waals surface area contributed by atoms with E-state index in [1.807, 2.05) is 0 Å². The van der Waals surface area contributed by atoms with Crippen molar-refractivity contribution in [3.63, 3.8) is 0 Å². The highest BCUT2D eigenvalue weighted by atomic mass is 15.2. The average molecular weight is 260 g/mol. The first-order valence-corrected chi connectivity index (χ1v) is 7.34. The first-order chi connectivity index (χ1) is 9.38. The lowest BCUT2D eigenvalue weighted by molar-refractivity contribution is 0.581. The Labute approximate surface area is 116 Å². The Bertz CT molecular complexity index is 384. The topological polar surface area (TPSA) is 61.6 Å². The maximum atomic E-state index is 8.90. The molecule has 19 heavy (non-hydrogen) atoms.